The first-order valence-electron chi connectivity index (χ1n) is 9.55. The van der Waals surface area contributed by atoms with Gasteiger partial charge in [-0.1, -0.05) is 41.1 Å². The minimum atomic E-state index is -0.373. The molecule has 2 aromatic heterocycles. The maximum atomic E-state index is 13.1. The molecule has 0 aliphatic carbocycles. The SMILES string of the molecule is C=Nc1sc(-c2ccccc2Cl)nc1C(=O)Nc1cnccc1N1CCCC(N)C1. The second-order valence-corrected chi connectivity index (χ2v) is 8.39. The van der Waals surface area contributed by atoms with E-state index in [1.54, 1.807) is 18.5 Å². The molecule has 1 fully saturated rings. The minimum absolute atomic E-state index is 0.115. The molecule has 3 N–H and O–H groups in total. The third kappa shape index (κ3) is 4.21. The Morgan fingerprint density at radius 3 is 2.97 bits per heavy atom. The number of piperidine rings is 1. The van der Waals surface area contributed by atoms with Crippen molar-refractivity contribution in [1.29, 1.82) is 0 Å². The van der Waals surface area contributed by atoms with Gasteiger partial charge in [-0.05, 0) is 31.7 Å². The summed E-state index contributed by atoms with van der Waals surface area (Å²) >= 11 is 7.56. The highest BCUT2D eigenvalue weighted by atomic mass is 35.5. The average Bonchev–Trinajstić information content (AvgIpc) is 3.19. The van der Waals surface area contributed by atoms with Crippen LogP contribution in [0.5, 0.6) is 0 Å². The van der Waals surface area contributed by atoms with Gasteiger partial charge in [0.05, 0.1) is 22.6 Å². The number of rotatable bonds is 5. The molecule has 1 atom stereocenters. The molecule has 7 nitrogen and oxygen atoms in total. The van der Waals surface area contributed by atoms with Gasteiger partial charge in [-0.3, -0.25) is 14.8 Å². The number of nitrogens with one attached hydrogen (secondary N) is 1. The van der Waals surface area contributed by atoms with E-state index >= 15 is 0 Å². The highest BCUT2D eigenvalue weighted by molar-refractivity contribution is 7.19. The lowest BCUT2D eigenvalue weighted by Gasteiger charge is -2.33. The first-order valence-corrected chi connectivity index (χ1v) is 10.7. The zero-order valence-corrected chi connectivity index (χ0v) is 17.8. The summed E-state index contributed by atoms with van der Waals surface area (Å²) < 4.78 is 0. The monoisotopic (exact) mass is 440 g/mol. The van der Waals surface area contributed by atoms with Crippen LogP contribution in [-0.2, 0) is 0 Å². The van der Waals surface area contributed by atoms with Gasteiger partial charge in [0.1, 0.15) is 10.0 Å². The lowest BCUT2D eigenvalue weighted by molar-refractivity contribution is 0.102. The van der Waals surface area contributed by atoms with Crippen LogP contribution in [0.15, 0.2) is 47.7 Å². The summed E-state index contributed by atoms with van der Waals surface area (Å²) in [5, 5.41) is 4.54. The van der Waals surface area contributed by atoms with E-state index < -0.39 is 0 Å². The van der Waals surface area contributed by atoms with Gasteiger partial charge in [0.2, 0.25) is 0 Å². The third-order valence-electron chi connectivity index (χ3n) is 4.92. The summed E-state index contributed by atoms with van der Waals surface area (Å²) in [6, 6.07) is 9.35. The normalized spacial score (nSPS) is 16.3. The highest BCUT2D eigenvalue weighted by Gasteiger charge is 2.23. The van der Waals surface area contributed by atoms with Crippen molar-refractivity contribution in [3.05, 3.63) is 53.4 Å². The van der Waals surface area contributed by atoms with E-state index in [9.17, 15) is 4.79 Å². The molecule has 0 spiro atoms. The number of nitrogens with zero attached hydrogens (tertiary/aromatic N) is 4. The molecule has 1 aromatic carbocycles. The fourth-order valence-corrected chi connectivity index (χ4v) is 4.68. The Morgan fingerprint density at radius 1 is 1.37 bits per heavy atom. The van der Waals surface area contributed by atoms with Crippen LogP contribution in [0.4, 0.5) is 16.4 Å². The Labute approximate surface area is 183 Å². The fourth-order valence-electron chi connectivity index (χ4n) is 3.49. The van der Waals surface area contributed by atoms with Gasteiger partial charge in [-0.2, -0.15) is 0 Å². The van der Waals surface area contributed by atoms with Crippen molar-refractivity contribution in [3.8, 4) is 10.6 Å². The van der Waals surface area contributed by atoms with E-state index in [0.717, 1.165) is 37.2 Å². The maximum absolute atomic E-state index is 13.1. The molecule has 1 amide bonds. The largest absolute Gasteiger partial charge is 0.368 e. The number of thiazole rings is 1. The van der Waals surface area contributed by atoms with Crippen molar-refractivity contribution in [1.82, 2.24) is 9.97 Å². The van der Waals surface area contributed by atoms with Crippen molar-refractivity contribution in [2.45, 2.75) is 18.9 Å². The van der Waals surface area contributed by atoms with Crippen LogP contribution in [0, 0.1) is 0 Å². The molecule has 1 unspecified atom stereocenters. The molecular formula is C21H21ClN6OS. The number of aliphatic imine (C=N–C) groups is 1. The molecule has 9 heteroatoms. The van der Waals surface area contributed by atoms with E-state index in [4.69, 9.17) is 17.3 Å². The molecule has 154 valence electrons. The molecule has 1 aliphatic heterocycles. The Balaban J connectivity index is 1.62. The number of halogens is 1. The number of pyridine rings is 1. The van der Waals surface area contributed by atoms with Crippen LogP contribution < -0.4 is 16.0 Å². The van der Waals surface area contributed by atoms with Gasteiger partial charge >= 0.3 is 0 Å². The maximum Gasteiger partial charge on any atom is 0.277 e. The summed E-state index contributed by atoms with van der Waals surface area (Å²) in [7, 11) is 0. The molecule has 0 radical (unpaired) electrons. The van der Waals surface area contributed by atoms with Gasteiger partial charge in [-0.25, -0.2) is 4.98 Å². The number of hydrogen-bond acceptors (Lipinski definition) is 7. The van der Waals surface area contributed by atoms with Gasteiger partial charge < -0.3 is 16.0 Å². The zero-order chi connectivity index (χ0) is 21.1. The van der Waals surface area contributed by atoms with E-state index in [0.29, 0.717) is 20.7 Å². The van der Waals surface area contributed by atoms with Crippen molar-refractivity contribution in [2.75, 3.05) is 23.3 Å². The topological polar surface area (TPSA) is 96.5 Å². The van der Waals surface area contributed by atoms with Crippen LogP contribution >= 0.6 is 22.9 Å². The summed E-state index contributed by atoms with van der Waals surface area (Å²) in [4.78, 5) is 27.9. The van der Waals surface area contributed by atoms with Gasteiger partial charge in [0.25, 0.3) is 5.91 Å². The van der Waals surface area contributed by atoms with Gasteiger partial charge in [-0.15, -0.1) is 0 Å². The standard InChI is InChI=1S/C21H21ClN6OS/c1-24-21-18(27-20(30-21)14-6-2-3-7-15(14)22)19(29)26-16-11-25-9-8-17(16)28-10-4-5-13(23)12-28/h2-3,6-9,11,13H,1,4-5,10,12,23H2,(H,26,29). The summed E-state index contributed by atoms with van der Waals surface area (Å²) in [6.45, 7) is 5.20. The molecule has 0 saturated carbocycles. The number of amides is 1. The second-order valence-electron chi connectivity index (χ2n) is 7.01. The van der Waals surface area contributed by atoms with Crippen LogP contribution in [0.25, 0.3) is 10.6 Å². The molecular weight excluding hydrogens is 420 g/mol. The number of nitrogens with two attached hydrogens (primary N) is 1. The number of benzene rings is 1. The molecule has 0 bridgehead atoms. The molecule has 3 heterocycles. The number of carbonyl (C=O) groups is 1. The van der Waals surface area contributed by atoms with Gasteiger partial charge in [0, 0.05) is 30.9 Å². The Bertz CT molecular complexity index is 1080. The van der Waals surface area contributed by atoms with Crippen LogP contribution in [0.2, 0.25) is 5.02 Å². The van der Waals surface area contributed by atoms with E-state index in [1.165, 1.54) is 11.3 Å². The average molecular weight is 441 g/mol. The van der Waals surface area contributed by atoms with Gasteiger partial charge in [0.15, 0.2) is 5.69 Å². The fraction of sp³-hybridized carbons (Fsp3) is 0.238. The van der Waals surface area contributed by atoms with Crippen molar-refractivity contribution in [2.24, 2.45) is 10.7 Å². The smallest absolute Gasteiger partial charge is 0.277 e. The van der Waals surface area contributed by atoms with Crippen LogP contribution in [-0.4, -0.2) is 41.7 Å². The Hall–Kier alpha value is -2.81. The lowest BCUT2D eigenvalue weighted by Crippen LogP contribution is -2.43. The molecule has 1 saturated heterocycles. The second kappa shape index (κ2) is 8.91. The number of aromatic nitrogens is 2. The Morgan fingerprint density at radius 2 is 2.20 bits per heavy atom. The van der Waals surface area contributed by atoms with Crippen molar-refractivity contribution in [3.63, 3.8) is 0 Å². The predicted molar refractivity (Wildman–Crippen MR) is 123 cm³/mol. The van der Waals surface area contributed by atoms with Crippen molar-refractivity contribution < 1.29 is 4.79 Å². The number of anilines is 2. The minimum Gasteiger partial charge on any atom is -0.368 e. The predicted octanol–water partition coefficient (Wildman–Crippen LogP) is 4.37. The highest BCUT2D eigenvalue weighted by Crippen LogP contribution is 2.37. The van der Waals surface area contributed by atoms with E-state index in [-0.39, 0.29) is 17.6 Å². The molecule has 3 aromatic rings. The van der Waals surface area contributed by atoms with Crippen LogP contribution in [0.3, 0.4) is 0 Å². The molecule has 1 aliphatic rings. The summed E-state index contributed by atoms with van der Waals surface area (Å²) in [5.74, 6) is -0.373. The molecule has 4 rings (SSSR count). The first kappa shape index (κ1) is 20.5. The summed E-state index contributed by atoms with van der Waals surface area (Å²) in [5.41, 5.74) is 8.58. The van der Waals surface area contributed by atoms with Crippen molar-refractivity contribution >= 4 is 51.9 Å². The number of hydrogen-bond donors (Lipinski definition) is 2. The van der Waals surface area contributed by atoms with Crippen LogP contribution in [0.1, 0.15) is 23.3 Å². The van der Waals surface area contributed by atoms with E-state index in [2.05, 4.69) is 31.9 Å². The zero-order valence-electron chi connectivity index (χ0n) is 16.2. The summed E-state index contributed by atoms with van der Waals surface area (Å²) in [6.07, 6.45) is 5.35. The van der Waals surface area contributed by atoms with E-state index in [1.807, 2.05) is 24.3 Å². The Kier molecular flexibility index (Phi) is 6.08. The number of carbonyl (C=O) groups excluding carboxylic acids is 1. The lowest BCUT2D eigenvalue weighted by atomic mass is 10.1. The molecule has 30 heavy (non-hydrogen) atoms. The quantitative estimate of drug-likeness (QED) is 0.574. The third-order valence-corrected chi connectivity index (χ3v) is 6.27. The first-order chi connectivity index (χ1) is 14.6.